The van der Waals surface area contributed by atoms with Crippen molar-refractivity contribution in [3.63, 3.8) is 0 Å². The second kappa shape index (κ2) is 5.05. The highest BCUT2D eigenvalue weighted by atomic mass is 35.5. The van der Waals surface area contributed by atoms with Crippen molar-refractivity contribution >= 4 is 17.5 Å². The molecule has 0 saturated carbocycles. The van der Waals surface area contributed by atoms with Crippen molar-refractivity contribution < 1.29 is 9.21 Å². The van der Waals surface area contributed by atoms with Crippen molar-refractivity contribution in [2.24, 2.45) is 0 Å². The summed E-state index contributed by atoms with van der Waals surface area (Å²) in [6, 6.07) is 3.29. The SMILES string of the molecule is CCCC(C)NC(=O)c1ccc(Cl)o1. The molecule has 1 atom stereocenters. The highest BCUT2D eigenvalue weighted by Gasteiger charge is 2.12. The molecule has 0 radical (unpaired) electrons. The van der Waals surface area contributed by atoms with Gasteiger partial charge in [-0.3, -0.25) is 4.79 Å². The molecule has 1 rings (SSSR count). The molecule has 3 nitrogen and oxygen atoms in total. The van der Waals surface area contributed by atoms with Crippen LogP contribution in [0.25, 0.3) is 0 Å². The van der Waals surface area contributed by atoms with Crippen molar-refractivity contribution in [1.82, 2.24) is 5.32 Å². The van der Waals surface area contributed by atoms with Gasteiger partial charge in [-0.05, 0) is 37.1 Å². The maximum Gasteiger partial charge on any atom is 0.287 e. The van der Waals surface area contributed by atoms with Gasteiger partial charge in [-0.1, -0.05) is 13.3 Å². The van der Waals surface area contributed by atoms with Gasteiger partial charge in [0.2, 0.25) is 0 Å². The van der Waals surface area contributed by atoms with E-state index in [-0.39, 0.29) is 22.9 Å². The second-order valence-corrected chi connectivity index (χ2v) is 3.64. The summed E-state index contributed by atoms with van der Waals surface area (Å²) in [5, 5.41) is 3.05. The Balaban J connectivity index is 2.50. The molecule has 0 aromatic carbocycles. The molecule has 1 N–H and O–H groups in total. The maximum atomic E-state index is 11.5. The third kappa shape index (κ3) is 3.07. The summed E-state index contributed by atoms with van der Waals surface area (Å²) in [6.45, 7) is 4.04. The minimum absolute atomic E-state index is 0.163. The summed E-state index contributed by atoms with van der Waals surface area (Å²) in [5.74, 6) is 0.0517. The van der Waals surface area contributed by atoms with Gasteiger partial charge in [0.15, 0.2) is 11.0 Å². The molecule has 78 valence electrons. The molecule has 0 spiro atoms. The van der Waals surface area contributed by atoms with E-state index in [0.717, 1.165) is 12.8 Å². The van der Waals surface area contributed by atoms with Gasteiger partial charge in [0.25, 0.3) is 5.91 Å². The summed E-state index contributed by atoms with van der Waals surface area (Å²) in [6.07, 6.45) is 2.00. The molecular weight excluding hydrogens is 202 g/mol. The normalized spacial score (nSPS) is 12.5. The summed E-state index contributed by atoms with van der Waals surface area (Å²) in [5.41, 5.74) is 0. The number of rotatable bonds is 4. The molecule has 4 heteroatoms. The van der Waals surface area contributed by atoms with E-state index in [9.17, 15) is 4.79 Å². The van der Waals surface area contributed by atoms with Crippen LogP contribution in [0.5, 0.6) is 0 Å². The second-order valence-electron chi connectivity index (χ2n) is 3.27. The van der Waals surface area contributed by atoms with Crippen LogP contribution in [0.1, 0.15) is 37.2 Å². The van der Waals surface area contributed by atoms with E-state index in [0.29, 0.717) is 0 Å². The third-order valence-corrected chi connectivity index (χ3v) is 2.10. The zero-order chi connectivity index (χ0) is 10.6. The predicted octanol–water partition coefficient (Wildman–Crippen LogP) is 2.85. The van der Waals surface area contributed by atoms with Crippen LogP contribution in [0.3, 0.4) is 0 Å². The van der Waals surface area contributed by atoms with Crippen molar-refractivity contribution in [2.45, 2.75) is 32.7 Å². The van der Waals surface area contributed by atoms with Gasteiger partial charge in [-0.25, -0.2) is 0 Å². The Bertz CT molecular complexity index is 309. The number of furan rings is 1. The van der Waals surface area contributed by atoms with Crippen LogP contribution in [0, 0.1) is 0 Å². The molecule has 14 heavy (non-hydrogen) atoms. The summed E-state index contributed by atoms with van der Waals surface area (Å²) < 4.78 is 4.98. The summed E-state index contributed by atoms with van der Waals surface area (Å²) in [4.78, 5) is 11.5. The number of hydrogen-bond donors (Lipinski definition) is 1. The molecule has 0 aliphatic rings. The van der Waals surface area contributed by atoms with E-state index in [1.54, 1.807) is 12.1 Å². The fourth-order valence-corrected chi connectivity index (χ4v) is 1.38. The quantitative estimate of drug-likeness (QED) is 0.839. The largest absolute Gasteiger partial charge is 0.440 e. The molecule has 0 aliphatic heterocycles. The number of carbonyl (C=O) groups is 1. The minimum atomic E-state index is -0.210. The molecule has 0 aliphatic carbocycles. The Morgan fingerprint density at radius 3 is 2.86 bits per heavy atom. The van der Waals surface area contributed by atoms with Crippen molar-refractivity contribution in [1.29, 1.82) is 0 Å². The summed E-state index contributed by atoms with van der Waals surface area (Å²) >= 11 is 5.56. The lowest BCUT2D eigenvalue weighted by Gasteiger charge is -2.10. The van der Waals surface area contributed by atoms with Gasteiger partial charge in [-0.2, -0.15) is 0 Å². The van der Waals surface area contributed by atoms with Crippen LogP contribution in [0.15, 0.2) is 16.5 Å². The van der Waals surface area contributed by atoms with Crippen LogP contribution in [-0.4, -0.2) is 11.9 Å². The monoisotopic (exact) mass is 215 g/mol. The first-order valence-electron chi connectivity index (χ1n) is 4.69. The summed E-state index contributed by atoms with van der Waals surface area (Å²) in [7, 11) is 0. The Kier molecular flexibility index (Phi) is 4.01. The first-order chi connectivity index (χ1) is 6.63. The molecular formula is C10H14ClNO2. The first-order valence-corrected chi connectivity index (χ1v) is 5.07. The molecule has 1 amide bonds. The Labute approximate surface area is 88.4 Å². The topological polar surface area (TPSA) is 42.2 Å². The molecule has 1 aromatic rings. The zero-order valence-corrected chi connectivity index (χ0v) is 9.10. The highest BCUT2D eigenvalue weighted by molar-refractivity contribution is 6.29. The Hall–Kier alpha value is -0.960. The lowest BCUT2D eigenvalue weighted by molar-refractivity contribution is 0.0910. The average Bonchev–Trinajstić information content (AvgIpc) is 2.52. The van der Waals surface area contributed by atoms with Crippen LogP contribution < -0.4 is 5.32 Å². The van der Waals surface area contributed by atoms with Crippen LogP contribution in [0.4, 0.5) is 0 Å². The minimum Gasteiger partial charge on any atom is -0.440 e. The van der Waals surface area contributed by atoms with Gasteiger partial charge in [0.05, 0.1) is 0 Å². The maximum absolute atomic E-state index is 11.5. The van der Waals surface area contributed by atoms with Crippen molar-refractivity contribution in [3.05, 3.63) is 23.1 Å². The number of halogens is 1. The molecule has 0 saturated heterocycles. The van der Waals surface area contributed by atoms with E-state index < -0.39 is 0 Å². The van der Waals surface area contributed by atoms with E-state index >= 15 is 0 Å². The van der Waals surface area contributed by atoms with Crippen molar-refractivity contribution in [2.75, 3.05) is 0 Å². The Morgan fingerprint density at radius 1 is 1.64 bits per heavy atom. The van der Waals surface area contributed by atoms with Gasteiger partial charge < -0.3 is 9.73 Å². The van der Waals surface area contributed by atoms with E-state index in [4.69, 9.17) is 16.0 Å². The van der Waals surface area contributed by atoms with Crippen LogP contribution in [0.2, 0.25) is 5.22 Å². The zero-order valence-electron chi connectivity index (χ0n) is 8.34. The van der Waals surface area contributed by atoms with Gasteiger partial charge >= 0.3 is 0 Å². The van der Waals surface area contributed by atoms with Crippen LogP contribution >= 0.6 is 11.6 Å². The van der Waals surface area contributed by atoms with Crippen LogP contribution in [-0.2, 0) is 0 Å². The molecule has 1 aromatic heterocycles. The Morgan fingerprint density at radius 2 is 2.36 bits per heavy atom. The van der Waals surface area contributed by atoms with Crippen molar-refractivity contribution in [3.8, 4) is 0 Å². The average molecular weight is 216 g/mol. The number of nitrogens with one attached hydrogen (secondary N) is 1. The number of hydrogen-bond acceptors (Lipinski definition) is 2. The first kappa shape index (κ1) is 11.1. The molecule has 0 bridgehead atoms. The van der Waals surface area contributed by atoms with Gasteiger partial charge in [-0.15, -0.1) is 0 Å². The van der Waals surface area contributed by atoms with Gasteiger partial charge in [0, 0.05) is 6.04 Å². The molecule has 1 heterocycles. The fraction of sp³-hybridized carbons (Fsp3) is 0.500. The van der Waals surface area contributed by atoms with E-state index in [2.05, 4.69) is 12.2 Å². The molecule has 0 fully saturated rings. The molecule has 1 unspecified atom stereocenters. The standard InChI is InChI=1S/C10H14ClNO2/c1-3-4-7(2)12-10(13)8-5-6-9(11)14-8/h5-7H,3-4H2,1-2H3,(H,12,13). The predicted molar refractivity (Wildman–Crippen MR) is 55.6 cm³/mol. The highest BCUT2D eigenvalue weighted by Crippen LogP contribution is 2.13. The number of carbonyl (C=O) groups excluding carboxylic acids is 1. The van der Waals surface area contributed by atoms with E-state index in [1.807, 2.05) is 6.92 Å². The van der Waals surface area contributed by atoms with E-state index in [1.165, 1.54) is 0 Å². The lowest BCUT2D eigenvalue weighted by Crippen LogP contribution is -2.32. The fourth-order valence-electron chi connectivity index (χ4n) is 1.24. The van der Waals surface area contributed by atoms with Gasteiger partial charge in [0.1, 0.15) is 0 Å². The lowest BCUT2D eigenvalue weighted by atomic mass is 10.2. The third-order valence-electron chi connectivity index (χ3n) is 1.90. The number of amides is 1. The smallest absolute Gasteiger partial charge is 0.287 e.